The van der Waals surface area contributed by atoms with E-state index < -0.39 is 36.0 Å². The summed E-state index contributed by atoms with van der Waals surface area (Å²) in [6, 6.07) is 22.9. The summed E-state index contributed by atoms with van der Waals surface area (Å²) in [6.07, 6.45) is 0. The van der Waals surface area contributed by atoms with Crippen molar-refractivity contribution in [3.05, 3.63) is 105 Å². The lowest BCUT2D eigenvalue weighted by molar-refractivity contribution is -0.135. The maximum atomic E-state index is 14.2. The second-order valence-corrected chi connectivity index (χ2v) is 12.3. The number of hydrogen-bond donors (Lipinski definition) is 0. The first-order valence-corrected chi connectivity index (χ1v) is 14.8. The number of hydrogen-bond acceptors (Lipinski definition) is 8. The molecule has 4 fully saturated rings. The van der Waals surface area contributed by atoms with Gasteiger partial charge in [-0.15, -0.1) is 22.7 Å². The van der Waals surface area contributed by atoms with Crippen LogP contribution in [0.15, 0.2) is 95.7 Å². The smallest absolute Gasteiger partial charge is 0.253 e. The molecular formula is C30H22N4O4S2. The van der Waals surface area contributed by atoms with Crippen LogP contribution in [-0.4, -0.2) is 45.7 Å². The Morgan fingerprint density at radius 2 is 0.850 bits per heavy atom. The van der Waals surface area contributed by atoms with Crippen molar-refractivity contribution >= 4 is 57.7 Å². The highest BCUT2D eigenvalue weighted by molar-refractivity contribution is 7.10. The Bertz CT molecular complexity index is 1520. The fourth-order valence-corrected chi connectivity index (χ4v) is 8.71. The molecule has 0 N–H and O–H groups in total. The molecule has 0 bridgehead atoms. The van der Waals surface area contributed by atoms with Crippen molar-refractivity contribution in [1.29, 1.82) is 0 Å². The lowest BCUT2D eigenvalue weighted by Crippen LogP contribution is -2.50. The third-order valence-corrected chi connectivity index (χ3v) is 10.3. The minimum absolute atomic E-state index is 0.285. The highest BCUT2D eigenvalue weighted by Crippen LogP contribution is 2.60. The topological polar surface area (TPSA) is 81.2 Å². The molecule has 4 aliphatic rings. The first-order chi connectivity index (χ1) is 19.6. The Morgan fingerprint density at radius 1 is 0.450 bits per heavy atom. The molecule has 0 unspecified atom stereocenters. The molecule has 6 atom stereocenters. The van der Waals surface area contributed by atoms with Crippen LogP contribution in [0.2, 0.25) is 0 Å². The standard InChI is InChI=1S/C30H22N4O4S2/c35-27-21-23(19-13-7-15-39-19)34-26-22(28(36)32(30(26)38)18-11-5-2-6-12-18)24(20-14-8-16-40-20)33(34)25(21)29(37)31(27)17-9-3-1-4-10-17/h1-16,21-26H/t21-,22-,23-,24+,25+,26-/m1/s1. The highest BCUT2D eigenvalue weighted by Gasteiger charge is 2.74. The van der Waals surface area contributed by atoms with Crippen LogP contribution >= 0.6 is 22.7 Å². The maximum absolute atomic E-state index is 14.2. The summed E-state index contributed by atoms with van der Waals surface area (Å²) >= 11 is 2.99. The number of hydrazine groups is 1. The number of carbonyl (C=O) groups excluding carboxylic acids is 4. The van der Waals surface area contributed by atoms with E-state index in [-0.39, 0.29) is 23.6 Å². The van der Waals surface area contributed by atoms with Crippen LogP contribution in [0, 0.1) is 11.8 Å². The molecule has 4 saturated heterocycles. The van der Waals surface area contributed by atoms with Crippen LogP contribution < -0.4 is 9.80 Å². The molecule has 4 aliphatic heterocycles. The van der Waals surface area contributed by atoms with Crippen molar-refractivity contribution in [3.63, 3.8) is 0 Å². The molecule has 0 spiro atoms. The third kappa shape index (κ3) is 3.07. The van der Waals surface area contributed by atoms with Gasteiger partial charge in [0.1, 0.15) is 12.1 Å². The molecule has 10 heteroatoms. The lowest BCUT2D eigenvalue weighted by atomic mass is 9.88. The van der Waals surface area contributed by atoms with Gasteiger partial charge in [-0.05, 0) is 47.2 Å². The number of imide groups is 2. The fourth-order valence-electron chi connectivity index (χ4n) is 6.97. The molecule has 8 rings (SSSR count). The van der Waals surface area contributed by atoms with Gasteiger partial charge in [0.2, 0.25) is 11.8 Å². The number of fused-ring (bicyclic) bond motifs is 5. The minimum Gasteiger partial charge on any atom is -0.274 e. The molecule has 0 radical (unpaired) electrons. The second kappa shape index (κ2) is 8.77. The van der Waals surface area contributed by atoms with E-state index in [1.165, 1.54) is 32.5 Å². The number of para-hydroxylation sites is 2. The minimum atomic E-state index is -0.830. The predicted octanol–water partition coefficient (Wildman–Crippen LogP) is 4.25. The third-order valence-electron chi connectivity index (χ3n) is 8.42. The van der Waals surface area contributed by atoms with E-state index in [4.69, 9.17) is 0 Å². The van der Waals surface area contributed by atoms with Gasteiger partial charge in [0.05, 0.1) is 35.3 Å². The van der Waals surface area contributed by atoms with Gasteiger partial charge in [0.15, 0.2) is 0 Å². The predicted molar refractivity (Wildman–Crippen MR) is 150 cm³/mol. The molecule has 8 nitrogen and oxygen atoms in total. The molecule has 6 heterocycles. The summed E-state index contributed by atoms with van der Waals surface area (Å²) in [6.45, 7) is 0. The van der Waals surface area contributed by atoms with Crippen molar-refractivity contribution in [2.24, 2.45) is 11.8 Å². The van der Waals surface area contributed by atoms with E-state index in [9.17, 15) is 19.2 Å². The highest BCUT2D eigenvalue weighted by atomic mass is 32.1. The number of benzene rings is 2. The van der Waals surface area contributed by atoms with Gasteiger partial charge in [0, 0.05) is 9.75 Å². The van der Waals surface area contributed by atoms with Crippen molar-refractivity contribution < 1.29 is 19.2 Å². The second-order valence-electron chi connectivity index (χ2n) is 10.3. The Morgan fingerprint density at radius 3 is 1.20 bits per heavy atom. The number of amides is 4. The van der Waals surface area contributed by atoms with Crippen molar-refractivity contribution in [2.45, 2.75) is 24.2 Å². The fraction of sp³-hybridized carbons (Fsp3) is 0.200. The van der Waals surface area contributed by atoms with Crippen LogP contribution in [-0.2, 0) is 19.2 Å². The molecule has 40 heavy (non-hydrogen) atoms. The number of rotatable bonds is 4. The molecule has 198 valence electrons. The Labute approximate surface area is 237 Å². The molecule has 4 aromatic rings. The summed E-state index contributed by atoms with van der Waals surface area (Å²) in [7, 11) is 0. The van der Waals surface area contributed by atoms with E-state index in [2.05, 4.69) is 0 Å². The lowest BCUT2D eigenvalue weighted by Gasteiger charge is -2.35. The molecule has 0 saturated carbocycles. The van der Waals surface area contributed by atoms with Crippen molar-refractivity contribution in [2.75, 3.05) is 9.80 Å². The Kier molecular flexibility index (Phi) is 5.24. The maximum Gasteiger partial charge on any atom is 0.253 e. The van der Waals surface area contributed by atoms with Gasteiger partial charge >= 0.3 is 0 Å². The SMILES string of the molecule is O=C1[C@H]2[C@@H](C(=O)N1c1ccccc1)N1[C@@H](c3cccs3)[C@H]3C(=O)N(c4ccccc4)C(=O)[C@@H]3N1[C@@H]2c1cccs1. The Balaban J connectivity index is 1.32. The zero-order valence-electron chi connectivity index (χ0n) is 20.9. The van der Waals surface area contributed by atoms with Crippen LogP contribution in [0.5, 0.6) is 0 Å². The van der Waals surface area contributed by atoms with E-state index in [1.54, 1.807) is 48.5 Å². The number of anilines is 2. The van der Waals surface area contributed by atoms with E-state index >= 15 is 0 Å². The van der Waals surface area contributed by atoms with E-state index in [1.807, 2.05) is 57.2 Å². The van der Waals surface area contributed by atoms with Gasteiger partial charge in [-0.3, -0.25) is 19.2 Å². The summed E-state index contributed by atoms with van der Waals surface area (Å²) in [5.41, 5.74) is 1.05. The first-order valence-electron chi connectivity index (χ1n) is 13.1. The van der Waals surface area contributed by atoms with Crippen LogP contribution in [0.4, 0.5) is 11.4 Å². The average molecular weight is 567 g/mol. The van der Waals surface area contributed by atoms with Crippen molar-refractivity contribution in [1.82, 2.24) is 10.0 Å². The van der Waals surface area contributed by atoms with Gasteiger partial charge in [-0.1, -0.05) is 48.5 Å². The monoisotopic (exact) mass is 566 g/mol. The largest absolute Gasteiger partial charge is 0.274 e. The van der Waals surface area contributed by atoms with E-state index in [0.29, 0.717) is 11.4 Å². The van der Waals surface area contributed by atoms with Gasteiger partial charge in [0.25, 0.3) is 11.8 Å². The summed E-state index contributed by atoms with van der Waals surface area (Å²) < 4.78 is 0. The first kappa shape index (κ1) is 23.9. The number of carbonyl (C=O) groups is 4. The summed E-state index contributed by atoms with van der Waals surface area (Å²) in [5.74, 6) is -2.66. The summed E-state index contributed by atoms with van der Waals surface area (Å²) in [4.78, 5) is 61.0. The Hall–Kier alpha value is -3.96. The van der Waals surface area contributed by atoms with Crippen LogP contribution in [0.1, 0.15) is 21.8 Å². The molecule has 0 aliphatic carbocycles. The molecule has 2 aromatic carbocycles. The van der Waals surface area contributed by atoms with Gasteiger partial charge in [-0.2, -0.15) is 0 Å². The number of thiophene rings is 2. The van der Waals surface area contributed by atoms with Gasteiger partial charge < -0.3 is 0 Å². The average Bonchev–Trinajstić information content (AvgIpc) is 3.80. The molecule has 4 amide bonds. The zero-order chi connectivity index (χ0) is 27.1. The molecular weight excluding hydrogens is 544 g/mol. The van der Waals surface area contributed by atoms with E-state index in [0.717, 1.165) is 9.75 Å². The molecule has 2 aromatic heterocycles. The summed E-state index contributed by atoms with van der Waals surface area (Å²) in [5, 5.41) is 7.70. The quantitative estimate of drug-likeness (QED) is 0.344. The zero-order valence-corrected chi connectivity index (χ0v) is 22.6. The van der Waals surface area contributed by atoms with Crippen LogP contribution in [0.3, 0.4) is 0 Å². The van der Waals surface area contributed by atoms with Crippen LogP contribution in [0.25, 0.3) is 0 Å². The number of nitrogens with zero attached hydrogens (tertiary/aromatic N) is 4. The van der Waals surface area contributed by atoms with Crippen molar-refractivity contribution in [3.8, 4) is 0 Å². The van der Waals surface area contributed by atoms with Gasteiger partial charge in [-0.25, -0.2) is 19.8 Å². The normalized spacial score (nSPS) is 29.9.